The summed E-state index contributed by atoms with van der Waals surface area (Å²) in [5.74, 6) is -1.94. The smallest absolute Gasteiger partial charge is 0.359 e. The van der Waals surface area contributed by atoms with Gasteiger partial charge in [0.2, 0.25) is 0 Å². The number of nitrogen functional groups attached to an aromatic ring is 1. The Hall–Kier alpha value is -2.83. The van der Waals surface area contributed by atoms with Gasteiger partial charge in [-0.15, -0.1) is 0 Å². The number of carboxylic acids is 1. The molecule has 110 valence electrons. The van der Waals surface area contributed by atoms with Crippen LogP contribution in [0, 0.1) is 0 Å². The summed E-state index contributed by atoms with van der Waals surface area (Å²) in [4.78, 5) is 22.7. The van der Waals surface area contributed by atoms with Crippen LogP contribution in [0.15, 0.2) is 36.5 Å². The highest BCUT2D eigenvalue weighted by Gasteiger charge is 2.22. The Balaban J connectivity index is 2.14. The molecule has 0 spiro atoms. The highest BCUT2D eigenvalue weighted by molar-refractivity contribution is 5.89. The number of carboxylic acid groups (broad SMARTS) is 1. The lowest BCUT2D eigenvalue weighted by molar-refractivity contribution is -0.147. The maximum Gasteiger partial charge on any atom is 0.359 e. The third kappa shape index (κ3) is 3.38. The Morgan fingerprint density at radius 1 is 1.33 bits per heavy atom. The zero-order valence-electron chi connectivity index (χ0n) is 11.4. The number of aromatic nitrogens is 2. The fourth-order valence-corrected chi connectivity index (χ4v) is 1.70. The van der Waals surface area contributed by atoms with Crippen LogP contribution in [-0.2, 0) is 9.53 Å². The van der Waals surface area contributed by atoms with Crippen LogP contribution < -0.4 is 5.73 Å². The van der Waals surface area contributed by atoms with Gasteiger partial charge >= 0.3 is 11.9 Å². The molecule has 0 amide bonds. The molecule has 1 aromatic heterocycles. The number of aliphatic carboxylic acids is 1. The summed E-state index contributed by atoms with van der Waals surface area (Å²) in [6.45, 7) is 1.62. The summed E-state index contributed by atoms with van der Waals surface area (Å²) in [6, 6.07) is 8.40. The molecular weight excluding hydrogens is 274 g/mol. The second-order valence-corrected chi connectivity index (χ2v) is 4.38. The monoisotopic (exact) mass is 289 g/mol. The predicted molar refractivity (Wildman–Crippen MR) is 75.1 cm³/mol. The van der Waals surface area contributed by atoms with E-state index in [1.54, 1.807) is 37.4 Å². The number of ether oxygens (including phenoxy) is 1. The highest BCUT2D eigenvalue weighted by Crippen LogP contribution is 2.12. The molecular formula is C14H15N3O4. The van der Waals surface area contributed by atoms with E-state index in [4.69, 9.17) is 15.6 Å². The number of hydrogen-bond donors (Lipinski definition) is 2. The van der Waals surface area contributed by atoms with Crippen LogP contribution in [0.4, 0.5) is 5.69 Å². The van der Waals surface area contributed by atoms with Crippen molar-refractivity contribution < 1.29 is 19.4 Å². The summed E-state index contributed by atoms with van der Waals surface area (Å²) >= 11 is 0. The molecule has 21 heavy (non-hydrogen) atoms. The molecule has 2 rings (SSSR count). The van der Waals surface area contributed by atoms with Gasteiger partial charge in [-0.05, 0) is 36.8 Å². The van der Waals surface area contributed by atoms with Crippen molar-refractivity contribution in [1.29, 1.82) is 0 Å². The zero-order chi connectivity index (χ0) is 15.4. The number of anilines is 1. The van der Waals surface area contributed by atoms with E-state index in [-0.39, 0.29) is 12.1 Å². The Bertz CT molecular complexity index is 648. The molecule has 7 heteroatoms. The van der Waals surface area contributed by atoms with Gasteiger partial charge in [0.1, 0.15) is 0 Å². The normalized spacial score (nSPS) is 11.9. The largest absolute Gasteiger partial charge is 0.479 e. The molecule has 0 saturated carbocycles. The van der Waals surface area contributed by atoms with Crippen molar-refractivity contribution in [3.8, 4) is 5.69 Å². The van der Waals surface area contributed by atoms with Gasteiger partial charge in [0.05, 0.1) is 5.69 Å². The van der Waals surface area contributed by atoms with E-state index in [0.29, 0.717) is 5.69 Å². The SMILES string of the molecule is CCC(OC(=O)c1ccn(-c2ccc(N)cc2)n1)C(=O)O. The molecule has 1 heterocycles. The van der Waals surface area contributed by atoms with Gasteiger partial charge in [0, 0.05) is 11.9 Å². The number of rotatable bonds is 5. The molecule has 2 aromatic rings. The lowest BCUT2D eigenvalue weighted by Gasteiger charge is -2.09. The van der Waals surface area contributed by atoms with E-state index in [0.717, 1.165) is 5.69 Å². The van der Waals surface area contributed by atoms with Crippen LogP contribution >= 0.6 is 0 Å². The minimum Gasteiger partial charge on any atom is -0.479 e. The Morgan fingerprint density at radius 2 is 2.00 bits per heavy atom. The highest BCUT2D eigenvalue weighted by atomic mass is 16.6. The van der Waals surface area contributed by atoms with E-state index in [1.165, 1.54) is 10.7 Å². The van der Waals surface area contributed by atoms with Crippen molar-refractivity contribution in [1.82, 2.24) is 9.78 Å². The summed E-state index contributed by atoms with van der Waals surface area (Å²) in [6.07, 6.45) is 0.614. The molecule has 1 aromatic carbocycles. The van der Waals surface area contributed by atoms with Crippen LogP contribution in [0.3, 0.4) is 0 Å². The third-order valence-electron chi connectivity index (χ3n) is 2.85. The first kappa shape index (κ1) is 14.6. The van der Waals surface area contributed by atoms with Gasteiger partial charge in [-0.25, -0.2) is 14.3 Å². The van der Waals surface area contributed by atoms with Gasteiger partial charge in [-0.2, -0.15) is 5.10 Å². The molecule has 0 aliphatic rings. The van der Waals surface area contributed by atoms with E-state index < -0.39 is 18.0 Å². The standard InChI is InChI=1S/C14H15N3O4/c1-2-12(13(18)19)21-14(20)11-7-8-17(16-11)10-5-3-9(15)4-6-10/h3-8,12H,2,15H2,1H3,(H,18,19). The first-order valence-corrected chi connectivity index (χ1v) is 6.36. The predicted octanol–water partition coefficient (Wildman–Crippen LogP) is 1.47. The quantitative estimate of drug-likeness (QED) is 0.637. The van der Waals surface area contributed by atoms with Gasteiger partial charge in [0.25, 0.3) is 0 Å². The average molecular weight is 289 g/mol. The molecule has 0 aliphatic heterocycles. The topological polar surface area (TPSA) is 107 Å². The van der Waals surface area contributed by atoms with Gasteiger partial charge in [-0.3, -0.25) is 0 Å². The fourth-order valence-electron chi connectivity index (χ4n) is 1.70. The minimum atomic E-state index is -1.18. The third-order valence-corrected chi connectivity index (χ3v) is 2.85. The number of hydrogen-bond acceptors (Lipinski definition) is 5. The number of nitrogens with zero attached hydrogens (tertiary/aromatic N) is 2. The van der Waals surface area contributed by atoms with Gasteiger partial charge in [0.15, 0.2) is 11.8 Å². The van der Waals surface area contributed by atoms with E-state index >= 15 is 0 Å². The van der Waals surface area contributed by atoms with Crippen molar-refractivity contribution in [2.24, 2.45) is 0 Å². The van der Waals surface area contributed by atoms with Crippen LogP contribution in [0.2, 0.25) is 0 Å². The van der Waals surface area contributed by atoms with E-state index in [9.17, 15) is 9.59 Å². The minimum absolute atomic E-state index is 0.0477. The Morgan fingerprint density at radius 3 is 2.57 bits per heavy atom. The fraction of sp³-hybridized carbons (Fsp3) is 0.214. The van der Waals surface area contributed by atoms with Crippen LogP contribution in [0.1, 0.15) is 23.8 Å². The lowest BCUT2D eigenvalue weighted by atomic mass is 10.3. The summed E-state index contributed by atoms with van der Waals surface area (Å²) in [5, 5.41) is 12.9. The number of nitrogens with two attached hydrogens (primary N) is 1. The van der Waals surface area contributed by atoms with Crippen molar-refractivity contribution in [3.63, 3.8) is 0 Å². The number of benzene rings is 1. The van der Waals surface area contributed by atoms with Crippen molar-refractivity contribution in [2.45, 2.75) is 19.4 Å². The second kappa shape index (κ2) is 6.08. The summed E-state index contributed by atoms with van der Waals surface area (Å²) in [5.41, 5.74) is 7.00. The van der Waals surface area contributed by atoms with Crippen molar-refractivity contribution >= 4 is 17.6 Å². The van der Waals surface area contributed by atoms with Crippen LogP contribution in [0.5, 0.6) is 0 Å². The number of carbonyl (C=O) groups is 2. The van der Waals surface area contributed by atoms with Crippen LogP contribution in [-0.4, -0.2) is 32.9 Å². The van der Waals surface area contributed by atoms with Crippen LogP contribution in [0.25, 0.3) is 5.69 Å². The zero-order valence-corrected chi connectivity index (χ0v) is 11.4. The number of carbonyl (C=O) groups excluding carboxylic acids is 1. The Kier molecular flexibility index (Phi) is 4.22. The molecule has 3 N–H and O–H groups in total. The first-order chi connectivity index (χ1) is 10.0. The van der Waals surface area contributed by atoms with E-state index in [1.807, 2.05) is 0 Å². The van der Waals surface area contributed by atoms with Gasteiger partial charge < -0.3 is 15.6 Å². The molecule has 1 unspecified atom stereocenters. The molecule has 0 radical (unpaired) electrons. The maximum absolute atomic E-state index is 11.8. The second-order valence-electron chi connectivity index (χ2n) is 4.38. The summed E-state index contributed by atoms with van der Waals surface area (Å²) in [7, 11) is 0. The van der Waals surface area contributed by atoms with Crippen molar-refractivity contribution in [3.05, 3.63) is 42.2 Å². The molecule has 7 nitrogen and oxygen atoms in total. The molecule has 0 saturated heterocycles. The van der Waals surface area contributed by atoms with Crippen molar-refractivity contribution in [2.75, 3.05) is 5.73 Å². The summed E-state index contributed by atoms with van der Waals surface area (Å²) < 4.78 is 6.37. The molecule has 0 aliphatic carbocycles. The molecule has 1 atom stereocenters. The first-order valence-electron chi connectivity index (χ1n) is 6.36. The average Bonchev–Trinajstić information content (AvgIpc) is 2.94. The molecule has 0 fully saturated rings. The maximum atomic E-state index is 11.8. The number of esters is 1. The van der Waals surface area contributed by atoms with Gasteiger partial charge in [-0.1, -0.05) is 6.92 Å². The Labute approximate surface area is 120 Å². The lowest BCUT2D eigenvalue weighted by Crippen LogP contribution is -2.26. The molecule has 0 bridgehead atoms. The van der Waals surface area contributed by atoms with E-state index in [2.05, 4.69) is 5.10 Å².